The maximum absolute atomic E-state index is 5.82. The molecule has 0 bridgehead atoms. The minimum atomic E-state index is -0.370. The normalized spacial score (nSPS) is 24.6. The van der Waals surface area contributed by atoms with Gasteiger partial charge in [-0.05, 0) is 30.4 Å². The summed E-state index contributed by atoms with van der Waals surface area (Å²) in [6.07, 6.45) is 2.24. The summed E-state index contributed by atoms with van der Waals surface area (Å²) < 4.78 is 11.6. The quantitative estimate of drug-likeness (QED) is 0.755. The van der Waals surface area contributed by atoms with Crippen LogP contribution in [0, 0.1) is 5.92 Å². The first-order valence-corrected chi connectivity index (χ1v) is 9.32. The van der Waals surface area contributed by atoms with Gasteiger partial charge in [0.1, 0.15) is 0 Å². The lowest BCUT2D eigenvalue weighted by Gasteiger charge is -2.26. The molecule has 0 radical (unpaired) electrons. The Morgan fingerprint density at radius 1 is 0.880 bits per heavy atom. The molecule has 25 heavy (non-hydrogen) atoms. The predicted octanol–water partition coefficient (Wildman–Crippen LogP) is 4.23. The molecule has 1 aliphatic carbocycles. The lowest BCUT2D eigenvalue weighted by atomic mass is 10.1. The van der Waals surface area contributed by atoms with Gasteiger partial charge in [0.25, 0.3) is 0 Å². The Hall–Kier alpha value is -1.68. The van der Waals surface area contributed by atoms with Crippen molar-refractivity contribution in [3.05, 3.63) is 71.8 Å². The Kier molecular flexibility index (Phi) is 4.89. The van der Waals surface area contributed by atoms with Crippen LogP contribution in [0.1, 0.15) is 30.9 Å². The minimum Gasteiger partial charge on any atom is -0.348 e. The molecule has 1 saturated carbocycles. The van der Waals surface area contributed by atoms with Crippen molar-refractivity contribution in [1.82, 2.24) is 4.90 Å². The number of hydrogen-bond acceptors (Lipinski definition) is 3. The molecule has 0 aromatic heterocycles. The lowest BCUT2D eigenvalue weighted by Crippen LogP contribution is -2.30. The highest BCUT2D eigenvalue weighted by atomic mass is 16.7. The molecular weight excluding hydrogens is 310 g/mol. The molecular formula is C22H27NO2. The molecule has 4 rings (SSSR count). The molecule has 0 spiro atoms. The van der Waals surface area contributed by atoms with Gasteiger partial charge in [0, 0.05) is 25.6 Å². The molecule has 3 heteroatoms. The van der Waals surface area contributed by atoms with Gasteiger partial charge in [-0.25, -0.2) is 0 Å². The standard InChI is InChI=1S/C22H27NO2/c1-22(24-12-13-25-22)15-20-14-21(20)23(16-18-8-4-2-5-9-18)17-19-10-6-3-7-11-19/h2-11,20-21H,12-17H2,1H3/t20-,21-/m1/s1. The number of benzene rings is 2. The first-order valence-electron chi connectivity index (χ1n) is 9.32. The monoisotopic (exact) mass is 337 g/mol. The fourth-order valence-corrected chi connectivity index (χ4v) is 3.98. The summed E-state index contributed by atoms with van der Waals surface area (Å²) in [7, 11) is 0. The molecule has 2 aliphatic rings. The van der Waals surface area contributed by atoms with E-state index in [9.17, 15) is 0 Å². The summed E-state index contributed by atoms with van der Waals surface area (Å²) in [4.78, 5) is 2.62. The lowest BCUT2D eigenvalue weighted by molar-refractivity contribution is -0.150. The van der Waals surface area contributed by atoms with Crippen LogP contribution in [0.4, 0.5) is 0 Å². The molecule has 1 saturated heterocycles. The van der Waals surface area contributed by atoms with Crippen LogP contribution in [0.3, 0.4) is 0 Å². The fourth-order valence-electron chi connectivity index (χ4n) is 3.98. The van der Waals surface area contributed by atoms with Crippen molar-refractivity contribution in [2.24, 2.45) is 5.92 Å². The largest absolute Gasteiger partial charge is 0.348 e. The molecule has 3 nitrogen and oxygen atoms in total. The van der Waals surface area contributed by atoms with E-state index in [0.717, 1.165) is 32.7 Å². The van der Waals surface area contributed by atoms with Crippen LogP contribution in [0.5, 0.6) is 0 Å². The van der Waals surface area contributed by atoms with Crippen LogP contribution in [-0.2, 0) is 22.6 Å². The molecule has 2 aromatic rings. The zero-order valence-electron chi connectivity index (χ0n) is 14.9. The van der Waals surface area contributed by atoms with E-state index in [2.05, 4.69) is 72.5 Å². The van der Waals surface area contributed by atoms with Crippen molar-refractivity contribution < 1.29 is 9.47 Å². The van der Waals surface area contributed by atoms with Crippen LogP contribution in [0.2, 0.25) is 0 Å². The van der Waals surface area contributed by atoms with Gasteiger partial charge in [-0.2, -0.15) is 0 Å². The third kappa shape index (κ3) is 4.30. The molecule has 1 heterocycles. The van der Waals surface area contributed by atoms with Crippen LogP contribution in [-0.4, -0.2) is 29.9 Å². The first-order chi connectivity index (χ1) is 12.2. The Morgan fingerprint density at radius 3 is 1.92 bits per heavy atom. The van der Waals surface area contributed by atoms with Crippen LogP contribution in [0.25, 0.3) is 0 Å². The van der Waals surface area contributed by atoms with Crippen molar-refractivity contribution in [1.29, 1.82) is 0 Å². The SMILES string of the molecule is CC1(C[C@H]2C[C@H]2N(Cc2ccccc2)Cc2ccccc2)OCCO1. The van der Waals surface area contributed by atoms with Gasteiger partial charge in [0.05, 0.1) is 13.2 Å². The second-order valence-corrected chi connectivity index (χ2v) is 7.47. The number of hydrogen-bond donors (Lipinski definition) is 0. The maximum atomic E-state index is 5.82. The van der Waals surface area contributed by atoms with Crippen molar-refractivity contribution in [2.45, 2.75) is 44.7 Å². The number of ether oxygens (including phenoxy) is 2. The highest BCUT2D eigenvalue weighted by molar-refractivity contribution is 5.18. The van der Waals surface area contributed by atoms with E-state index in [1.807, 2.05) is 0 Å². The van der Waals surface area contributed by atoms with E-state index < -0.39 is 0 Å². The fraction of sp³-hybridized carbons (Fsp3) is 0.455. The van der Waals surface area contributed by atoms with Crippen LogP contribution in [0.15, 0.2) is 60.7 Å². The Labute approximate surface area is 150 Å². The van der Waals surface area contributed by atoms with Gasteiger partial charge >= 0.3 is 0 Å². The third-order valence-electron chi connectivity index (χ3n) is 5.34. The van der Waals surface area contributed by atoms with Gasteiger partial charge in [-0.1, -0.05) is 60.7 Å². The van der Waals surface area contributed by atoms with Gasteiger partial charge in [0.15, 0.2) is 5.79 Å². The topological polar surface area (TPSA) is 21.7 Å². The smallest absolute Gasteiger partial charge is 0.166 e. The zero-order valence-corrected chi connectivity index (χ0v) is 14.9. The Morgan fingerprint density at radius 2 is 1.40 bits per heavy atom. The highest BCUT2D eigenvalue weighted by Crippen LogP contribution is 2.44. The van der Waals surface area contributed by atoms with Crippen molar-refractivity contribution in [3.8, 4) is 0 Å². The Balaban J connectivity index is 1.44. The van der Waals surface area contributed by atoms with Gasteiger partial charge < -0.3 is 9.47 Å². The van der Waals surface area contributed by atoms with Crippen molar-refractivity contribution in [3.63, 3.8) is 0 Å². The van der Waals surface area contributed by atoms with E-state index in [1.165, 1.54) is 17.5 Å². The summed E-state index contributed by atoms with van der Waals surface area (Å²) >= 11 is 0. The first kappa shape index (κ1) is 16.8. The predicted molar refractivity (Wildman–Crippen MR) is 99.0 cm³/mol. The molecule has 2 aromatic carbocycles. The zero-order chi connectivity index (χ0) is 17.1. The molecule has 2 fully saturated rings. The molecule has 132 valence electrons. The molecule has 0 amide bonds. The summed E-state index contributed by atoms with van der Waals surface area (Å²) in [5.74, 6) is 0.292. The second-order valence-electron chi connectivity index (χ2n) is 7.47. The van der Waals surface area contributed by atoms with Crippen LogP contribution >= 0.6 is 0 Å². The van der Waals surface area contributed by atoms with Gasteiger partial charge in [-0.3, -0.25) is 4.90 Å². The molecule has 2 atom stereocenters. The molecule has 0 N–H and O–H groups in total. The highest BCUT2D eigenvalue weighted by Gasteiger charge is 2.47. The van der Waals surface area contributed by atoms with Crippen LogP contribution < -0.4 is 0 Å². The summed E-state index contributed by atoms with van der Waals surface area (Å²) in [5, 5.41) is 0. The summed E-state index contributed by atoms with van der Waals surface area (Å²) in [6, 6.07) is 22.2. The van der Waals surface area contributed by atoms with Gasteiger partial charge in [0.2, 0.25) is 0 Å². The average Bonchev–Trinajstić information content (AvgIpc) is 3.25. The van der Waals surface area contributed by atoms with Gasteiger partial charge in [-0.15, -0.1) is 0 Å². The Bertz CT molecular complexity index is 625. The molecule has 0 unspecified atom stereocenters. The average molecular weight is 337 g/mol. The second kappa shape index (κ2) is 7.28. The van der Waals surface area contributed by atoms with E-state index in [1.54, 1.807) is 0 Å². The number of nitrogens with zero attached hydrogens (tertiary/aromatic N) is 1. The maximum Gasteiger partial charge on any atom is 0.166 e. The third-order valence-corrected chi connectivity index (χ3v) is 5.34. The van der Waals surface area contributed by atoms with E-state index in [-0.39, 0.29) is 5.79 Å². The van der Waals surface area contributed by atoms with E-state index >= 15 is 0 Å². The van der Waals surface area contributed by atoms with E-state index in [0.29, 0.717) is 12.0 Å². The van der Waals surface area contributed by atoms with Crippen molar-refractivity contribution in [2.75, 3.05) is 13.2 Å². The summed E-state index contributed by atoms with van der Waals surface area (Å²) in [6.45, 7) is 5.54. The number of rotatable bonds is 7. The minimum absolute atomic E-state index is 0.370. The molecule has 1 aliphatic heterocycles. The van der Waals surface area contributed by atoms with E-state index in [4.69, 9.17) is 9.47 Å². The summed E-state index contributed by atoms with van der Waals surface area (Å²) in [5.41, 5.74) is 2.76. The van der Waals surface area contributed by atoms with Crippen molar-refractivity contribution >= 4 is 0 Å².